The third-order valence-electron chi connectivity index (χ3n) is 4.35. The van der Waals surface area contributed by atoms with Gasteiger partial charge in [0.25, 0.3) is 5.82 Å². The third kappa shape index (κ3) is 6.63. The van der Waals surface area contributed by atoms with Crippen molar-refractivity contribution in [1.29, 1.82) is 5.26 Å². The molecule has 1 heterocycles. The fourth-order valence-electron chi connectivity index (χ4n) is 3.02. The van der Waals surface area contributed by atoms with Crippen LogP contribution in [0.3, 0.4) is 0 Å². The molecule has 0 spiro atoms. The number of nitriles is 1. The van der Waals surface area contributed by atoms with Gasteiger partial charge in [-0.15, -0.1) is 0 Å². The number of ether oxygens (including phenoxy) is 1. The highest BCUT2D eigenvalue weighted by atomic mass is 32.1. The minimum atomic E-state index is 0.622. The van der Waals surface area contributed by atoms with Crippen LogP contribution in [0.25, 0.3) is 10.9 Å². The van der Waals surface area contributed by atoms with Gasteiger partial charge in [0.05, 0.1) is 6.54 Å². The van der Waals surface area contributed by atoms with Crippen LogP contribution >= 0.6 is 12.2 Å². The van der Waals surface area contributed by atoms with E-state index in [1.165, 1.54) is 11.1 Å². The van der Waals surface area contributed by atoms with E-state index in [4.69, 9.17) is 17.0 Å². The number of aromatic nitrogens is 1. The van der Waals surface area contributed by atoms with Crippen LogP contribution < -0.4 is 20.9 Å². The van der Waals surface area contributed by atoms with E-state index in [-0.39, 0.29) is 0 Å². The Morgan fingerprint density at radius 2 is 1.89 bits per heavy atom. The molecule has 4 N–H and O–H groups in total. The first-order chi connectivity index (χ1) is 13.5. The molecule has 6 nitrogen and oxygen atoms in total. The molecule has 150 valence electrons. The number of rotatable bonds is 10. The number of pyridine rings is 1. The van der Waals surface area contributed by atoms with Gasteiger partial charge in [0.15, 0.2) is 5.11 Å². The smallest absolute Gasteiger partial charge is 0.290 e. The standard InChI is InChI=1S/C21H29N5OS/c1-4-27-10-6-9-25-21(28)24-8-5-7-23-20-18(14-22)13-17-12-15(2)11-16(3)19(17)26-20/h11-13H,4-10H2,1-3H3,(H,23,26)(H2,24,25,28)/p+1. The summed E-state index contributed by atoms with van der Waals surface area (Å²) >= 11 is 5.26. The Morgan fingerprint density at radius 1 is 1.14 bits per heavy atom. The molecule has 1 aromatic carbocycles. The molecule has 0 unspecified atom stereocenters. The number of nitrogens with zero attached hydrogens (tertiary/aromatic N) is 1. The van der Waals surface area contributed by atoms with E-state index in [0.717, 1.165) is 62.4 Å². The molecule has 0 radical (unpaired) electrons. The first-order valence-electron chi connectivity index (χ1n) is 9.75. The lowest BCUT2D eigenvalue weighted by Crippen LogP contribution is -2.37. The van der Waals surface area contributed by atoms with Crippen molar-refractivity contribution in [3.8, 4) is 6.07 Å². The minimum absolute atomic E-state index is 0.622. The first-order valence-corrected chi connectivity index (χ1v) is 10.2. The summed E-state index contributed by atoms with van der Waals surface area (Å²) in [5.41, 5.74) is 4.04. The quantitative estimate of drug-likeness (QED) is 0.420. The number of fused-ring (bicyclic) bond motifs is 1. The molecule has 0 fully saturated rings. The van der Waals surface area contributed by atoms with Crippen molar-refractivity contribution >= 4 is 34.1 Å². The van der Waals surface area contributed by atoms with E-state index in [0.29, 0.717) is 10.7 Å². The van der Waals surface area contributed by atoms with Crippen LogP contribution in [0, 0.1) is 25.2 Å². The van der Waals surface area contributed by atoms with E-state index in [1.54, 1.807) is 0 Å². The van der Waals surface area contributed by atoms with Crippen molar-refractivity contribution in [1.82, 2.24) is 10.6 Å². The van der Waals surface area contributed by atoms with Gasteiger partial charge >= 0.3 is 0 Å². The molecule has 0 saturated carbocycles. The molecule has 1 aromatic heterocycles. The summed E-state index contributed by atoms with van der Waals surface area (Å²) in [7, 11) is 0. The lowest BCUT2D eigenvalue weighted by molar-refractivity contribution is -0.328. The van der Waals surface area contributed by atoms with Gasteiger partial charge in [0, 0.05) is 38.1 Å². The normalized spacial score (nSPS) is 10.5. The minimum Gasteiger partial charge on any atom is -0.382 e. The van der Waals surface area contributed by atoms with Gasteiger partial charge in [-0.25, -0.2) is 4.98 Å². The molecule has 0 bridgehead atoms. The molecule has 0 atom stereocenters. The van der Waals surface area contributed by atoms with Crippen LogP contribution in [0.2, 0.25) is 0 Å². The molecule has 7 heteroatoms. The molecule has 0 saturated heterocycles. The average molecular weight is 401 g/mol. The monoisotopic (exact) mass is 400 g/mol. The second-order valence-corrected chi connectivity index (χ2v) is 7.14. The zero-order chi connectivity index (χ0) is 20.4. The number of hydrogen-bond donors (Lipinski definition) is 3. The van der Waals surface area contributed by atoms with E-state index >= 15 is 0 Å². The van der Waals surface area contributed by atoms with Crippen molar-refractivity contribution in [3.05, 3.63) is 34.9 Å². The van der Waals surface area contributed by atoms with Crippen LogP contribution in [0.1, 0.15) is 36.5 Å². The van der Waals surface area contributed by atoms with Crippen LogP contribution in [-0.4, -0.2) is 38.0 Å². The molecule has 28 heavy (non-hydrogen) atoms. The number of hydrogen-bond acceptors (Lipinski definition) is 4. The average Bonchev–Trinajstić information content (AvgIpc) is 2.67. The fraction of sp³-hybridized carbons (Fsp3) is 0.476. The summed E-state index contributed by atoms with van der Waals surface area (Å²) in [4.78, 5) is 3.38. The Bertz CT molecular complexity index is 847. The van der Waals surface area contributed by atoms with Crippen LogP contribution in [0.5, 0.6) is 0 Å². The second kappa shape index (κ2) is 11.4. The van der Waals surface area contributed by atoms with Gasteiger partial charge in [0.2, 0.25) is 0 Å². The van der Waals surface area contributed by atoms with Gasteiger partial charge in [-0.05, 0) is 62.7 Å². The highest BCUT2D eigenvalue weighted by Crippen LogP contribution is 2.20. The summed E-state index contributed by atoms with van der Waals surface area (Å²) in [6.45, 7) is 9.93. The van der Waals surface area contributed by atoms with Gasteiger partial charge in [-0.1, -0.05) is 6.07 Å². The molecule has 2 rings (SSSR count). The number of aryl methyl sites for hydroxylation is 2. The summed E-state index contributed by atoms with van der Waals surface area (Å²) in [5, 5.41) is 20.9. The van der Waals surface area contributed by atoms with Crippen LogP contribution in [0.15, 0.2) is 18.2 Å². The molecule has 0 aliphatic rings. The molecule has 0 amide bonds. The predicted octanol–water partition coefficient (Wildman–Crippen LogP) is 2.84. The Hall–Kier alpha value is -2.43. The first kappa shape index (κ1) is 21.9. The van der Waals surface area contributed by atoms with Gasteiger partial charge in [0.1, 0.15) is 17.1 Å². The van der Waals surface area contributed by atoms with Crippen LogP contribution in [0.4, 0.5) is 5.82 Å². The zero-order valence-electron chi connectivity index (χ0n) is 16.9. The number of nitrogens with one attached hydrogen (secondary N) is 4. The van der Waals surface area contributed by atoms with Gasteiger partial charge < -0.3 is 15.4 Å². The number of anilines is 1. The Morgan fingerprint density at radius 3 is 2.61 bits per heavy atom. The summed E-state index contributed by atoms with van der Waals surface area (Å²) < 4.78 is 5.29. The maximum absolute atomic E-state index is 9.47. The summed E-state index contributed by atoms with van der Waals surface area (Å²) in [5.74, 6) is 0.763. The Balaban J connectivity index is 1.79. The maximum Gasteiger partial charge on any atom is 0.290 e. The maximum atomic E-state index is 9.47. The number of aromatic amines is 1. The second-order valence-electron chi connectivity index (χ2n) is 6.73. The van der Waals surface area contributed by atoms with Crippen molar-refractivity contribution in [2.45, 2.75) is 33.6 Å². The zero-order valence-corrected chi connectivity index (χ0v) is 17.8. The summed E-state index contributed by atoms with van der Waals surface area (Å²) in [6, 6.07) is 8.44. The van der Waals surface area contributed by atoms with Crippen LogP contribution in [-0.2, 0) is 4.74 Å². The van der Waals surface area contributed by atoms with Gasteiger partial charge in [-0.2, -0.15) is 5.26 Å². The molecular formula is C21H30N5OS+. The molecule has 0 aliphatic heterocycles. The van der Waals surface area contributed by atoms with Crippen molar-refractivity contribution in [2.75, 3.05) is 38.2 Å². The van der Waals surface area contributed by atoms with E-state index < -0.39 is 0 Å². The lowest BCUT2D eigenvalue weighted by atomic mass is 10.1. The molecule has 0 aliphatic carbocycles. The van der Waals surface area contributed by atoms with E-state index in [9.17, 15) is 5.26 Å². The number of benzene rings is 1. The largest absolute Gasteiger partial charge is 0.382 e. The third-order valence-corrected chi connectivity index (χ3v) is 4.63. The highest BCUT2D eigenvalue weighted by molar-refractivity contribution is 7.80. The Labute approximate surface area is 172 Å². The van der Waals surface area contributed by atoms with Crippen molar-refractivity contribution < 1.29 is 9.72 Å². The summed E-state index contributed by atoms with van der Waals surface area (Å²) in [6.07, 6.45) is 1.81. The predicted molar refractivity (Wildman–Crippen MR) is 118 cm³/mol. The van der Waals surface area contributed by atoms with E-state index in [2.05, 4.69) is 53.0 Å². The number of thiocarbonyl (C=S) groups is 1. The molecule has 2 aromatic rings. The number of H-pyrrole nitrogens is 1. The topological polar surface area (TPSA) is 83.2 Å². The van der Waals surface area contributed by atoms with Crippen molar-refractivity contribution in [3.63, 3.8) is 0 Å². The highest BCUT2D eigenvalue weighted by Gasteiger charge is 2.13. The van der Waals surface area contributed by atoms with E-state index in [1.807, 2.05) is 13.0 Å². The van der Waals surface area contributed by atoms with Crippen molar-refractivity contribution in [2.24, 2.45) is 0 Å². The Kier molecular flexibility index (Phi) is 8.92. The SMILES string of the molecule is CCOCCCNC(=S)NCCCNc1[nH+]c2c(C)cc(C)cc2cc1C#N. The van der Waals surface area contributed by atoms with Gasteiger partial charge in [-0.3, -0.25) is 5.32 Å². The molecular weight excluding hydrogens is 370 g/mol. The fourth-order valence-corrected chi connectivity index (χ4v) is 3.22. The lowest BCUT2D eigenvalue weighted by Gasteiger charge is -2.10.